The number of sulfonamides is 1. The van der Waals surface area contributed by atoms with Crippen LogP contribution in [0.4, 0.5) is 0 Å². The van der Waals surface area contributed by atoms with E-state index in [4.69, 9.17) is 11.6 Å². The summed E-state index contributed by atoms with van der Waals surface area (Å²) >= 11 is 6.12. The highest BCUT2D eigenvalue weighted by Crippen LogP contribution is 2.20. The number of hydrogen-bond donors (Lipinski definition) is 2. The second kappa shape index (κ2) is 7.24. The quantitative estimate of drug-likeness (QED) is 0.814. The van der Waals surface area contributed by atoms with Crippen molar-refractivity contribution in [2.24, 2.45) is 0 Å². The molecule has 108 valence electrons. The third kappa shape index (κ3) is 5.10. The fourth-order valence-corrected chi connectivity index (χ4v) is 2.94. The smallest absolute Gasteiger partial charge is 0.240 e. The lowest BCUT2D eigenvalue weighted by Crippen LogP contribution is -2.25. The third-order valence-corrected chi connectivity index (χ3v) is 4.39. The Morgan fingerprint density at radius 2 is 2.00 bits per heavy atom. The first-order valence-electron chi connectivity index (χ1n) is 6.38. The molecule has 0 fully saturated rings. The number of rotatable bonds is 7. The molecule has 0 aliphatic carbocycles. The summed E-state index contributed by atoms with van der Waals surface area (Å²) in [5, 5.41) is 3.71. The van der Waals surface area contributed by atoms with Crippen molar-refractivity contribution in [2.45, 2.75) is 44.7 Å². The molecular weight excluding hydrogens is 284 g/mol. The lowest BCUT2D eigenvalue weighted by atomic mass is 10.2. The fraction of sp³-hybridized carbons (Fsp3) is 0.538. The van der Waals surface area contributed by atoms with Gasteiger partial charge in [0, 0.05) is 24.2 Å². The summed E-state index contributed by atoms with van der Waals surface area (Å²) in [6, 6.07) is 5.18. The van der Waals surface area contributed by atoms with Crippen molar-refractivity contribution in [1.82, 2.24) is 10.0 Å². The Morgan fingerprint density at radius 3 is 2.53 bits per heavy atom. The first-order chi connectivity index (χ1) is 8.86. The van der Waals surface area contributed by atoms with Crippen molar-refractivity contribution >= 4 is 21.6 Å². The van der Waals surface area contributed by atoms with Gasteiger partial charge >= 0.3 is 0 Å². The first kappa shape index (κ1) is 16.4. The summed E-state index contributed by atoms with van der Waals surface area (Å²) in [6.07, 6.45) is 0.753. The molecule has 2 N–H and O–H groups in total. The Balaban J connectivity index is 2.87. The minimum Gasteiger partial charge on any atom is -0.310 e. The van der Waals surface area contributed by atoms with E-state index in [1.165, 1.54) is 6.07 Å². The summed E-state index contributed by atoms with van der Waals surface area (Å²) in [4.78, 5) is 0.208. The van der Waals surface area contributed by atoms with Crippen LogP contribution in [0.5, 0.6) is 0 Å². The highest BCUT2D eigenvalue weighted by Gasteiger charge is 2.14. The average molecular weight is 305 g/mol. The second-order valence-electron chi connectivity index (χ2n) is 4.69. The zero-order valence-corrected chi connectivity index (χ0v) is 13.1. The topological polar surface area (TPSA) is 58.2 Å². The van der Waals surface area contributed by atoms with Gasteiger partial charge in [0.15, 0.2) is 0 Å². The first-order valence-corrected chi connectivity index (χ1v) is 8.24. The lowest BCUT2D eigenvalue weighted by Gasteiger charge is -2.11. The summed E-state index contributed by atoms with van der Waals surface area (Å²) in [5.74, 6) is 0. The minimum absolute atomic E-state index is 0.208. The van der Waals surface area contributed by atoms with Crippen LogP contribution in [0.25, 0.3) is 0 Å². The summed E-state index contributed by atoms with van der Waals surface area (Å²) < 4.78 is 26.4. The van der Waals surface area contributed by atoms with Gasteiger partial charge in [0.25, 0.3) is 0 Å². The molecule has 0 saturated carbocycles. The Bertz CT molecular complexity index is 515. The van der Waals surface area contributed by atoms with Crippen LogP contribution in [0.1, 0.15) is 32.8 Å². The van der Waals surface area contributed by atoms with Crippen molar-refractivity contribution in [3.05, 3.63) is 28.8 Å². The maximum atomic E-state index is 11.9. The van der Waals surface area contributed by atoms with Gasteiger partial charge in [0.2, 0.25) is 10.0 Å². The Hall–Kier alpha value is -0.620. The molecule has 0 aliphatic rings. The van der Waals surface area contributed by atoms with Crippen molar-refractivity contribution in [1.29, 1.82) is 0 Å². The van der Waals surface area contributed by atoms with E-state index in [2.05, 4.69) is 10.0 Å². The molecule has 0 amide bonds. The van der Waals surface area contributed by atoms with Crippen molar-refractivity contribution < 1.29 is 8.42 Å². The molecule has 4 nitrogen and oxygen atoms in total. The molecule has 0 aromatic heterocycles. The molecule has 0 atom stereocenters. The SMILES string of the molecule is CCCNS(=O)(=O)c1ccc(CNC(C)C)c(Cl)c1. The van der Waals surface area contributed by atoms with Gasteiger partial charge in [-0.05, 0) is 24.1 Å². The van der Waals surface area contributed by atoms with Crippen molar-refractivity contribution in [2.75, 3.05) is 6.54 Å². The molecule has 0 aliphatic heterocycles. The van der Waals surface area contributed by atoms with Gasteiger partial charge in [0.05, 0.1) is 4.90 Å². The van der Waals surface area contributed by atoms with Gasteiger partial charge in [-0.1, -0.05) is 38.4 Å². The van der Waals surface area contributed by atoms with Crippen LogP contribution in [0.15, 0.2) is 23.1 Å². The number of halogens is 1. The van der Waals surface area contributed by atoms with E-state index >= 15 is 0 Å². The molecule has 0 bridgehead atoms. The Labute approximate surface area is 120 Å². The van der Waals surface area contributed by atoms with E-state index in [0.29, 0.717) is 24.2 Å². The van der Waals surface area contributed by atoms with Gasteiger partial charge in [0.1, 0.15) is 0 Å². The number of benzene rings is 1. The monoisotopic (exact) mass is 304 g/mol. The van der Waals surface area contributed by atoms with Gasteiger partial charge in [-0.25, -0.2) is 13.1 Å². The normalized spacial score (nSPS) is 12.1. The van der Waals surface area contributed by atoms with E-state index in [1.54, 1.807) is 12.1 Å². The van der Waals surface area contributed by atoms with E-state index in [-0.39, 0.29) is 4.90 Å². The van der Waals surface area contributed by atoms with Crippen LogP contribution in [0.3, 0.4) is 0 Å². The summed E-state index contributed by atoms with van der Waals surface area (Å²) in [7, 11) is -3.45. The van der Waals surface area contributed by atoms with Crippen LogP contribution >= 0.6 is 11.6 Å². The average Bonchev–Trinajstić information content (AvgIpc) is 2.34. The number of nitrogens with one attached hydrogen (secondary N) is 2. The van der Waals surface area contributed by atoms with Gasteiger partial charge < -0.3 is 5.32 Å². The van der Waals surface area contributed by atoms with Gasteiger partial charge in [-0.3, -0.25) is 0 Å². The fourth-order valence-electron chi connectivity index (χ4n) is 1.47. The molecule has 6 heteroatoms. The molecule has 0 spiro atoms. The molecular formula is C13H21ClN2O2S. The highest BCUT2D eigenvalue weighted by atomic mass is 35.5. The highest BCUT2D eigenvalue weighted by molar-refractivity contribution is 7.89. The Morgan fingerprint density at radius 1 is 1.32 bits per heavy atom. The van der Waals surface area contributed by atoms with Crippen molar-refractivity contribution in [3.63, 3.8) is 0 Å². The zero-order valence-electron chi connectivity index (χ0n) is 11.5. The van der Waals surface area contributed by atoms with E-state index in [1.807, 2.05) is 20.8 Å². The van der Waals surface area contributed by atoms with Gasteiger partial charge in [-0.15, -0.1) is 0 Å². The molecule has 19 heavy (non-hydrogen) atoms. The predicted octanol–water partition coefficient (Wildman–Crippen LogP) is 2.53. The molecule has 0 radical (unpaired) electrons. The lowest BCUT2D eigenvalue weighted by molar-refractivity contribution is 0.579. The van der Waals surface area contributed by atoms with Crippen LogP contribution in [-0.2, 0) is 16.6 Å². The molecule has 0 saturated heterocycles. The number of hydrogen-bond acceptors (Lipinski definition) is 3. The minimum atomic E-state index is -3.45. The maximum absolute atomic E-state index is 11.9. The van der Waals surface area contributed by atoms with Crippen LogP contribution in [0, 0.1) is 0 Å². The van der Waals surface area contributed by atoms with Crippen LogP contribution < -0.4 is 10.0 Å². The van der Waals surface area contributed by atoms with E-state index in [9.17, 15) is 8.42 Å². The molecule has 1 aromatic carbocycles. The van der Waals surface area contributed by atoms with E-state index < -0.39 is 10.0 Å². The molecule has 1 aromatic rings. The van der Waals surface area contributed by atoms with Crippen LogP contribution in [0.2, 0.25) is 5.02 Å². The standard InChI is InChI=1S/C13H21ClN2O2S/c1-4-7-16-19(17,18)12-6-5-11(13(14)8-12)9-15-10(2)3/h5-6,8,10,15-16H,4,7,9H2,1-3H3. The van der Waals surface area contributed by atoms with Gasteiger partial charge in [-0.2, -0.15) is 0 Å². The predicted molar refractivity (Wildman–Crippen MR) is 78.9 cm³/mol. The summed E-state index contributed by atoms with van der Waals surface area (Å²) in [6.45, 7) is 7.05. The second-order valence-corrected chi connectivity index (χ2v) is 6.86. The Kier molecular flexibility index (Phi) is 6.26. The molecule has 0 unspecified atom stereocenters. The third-order valence-electron chi connectivity index (χ3n) is 2.58. The molecule has 1 rings (SSSR count). The maximum Gasteiger partial charge on any atom is 0.240 e. The van der Waals surface area contributed by atoms with E-state index in [0.717, 1.165) is 12.0 Å². The zero-order chi connectivity index (χ0) is 14.5. The van der Waals surface area contributed by atoms with Crippen molar-refractivity contribution in [3.8, 4) is 0 Å². The largest absolute Gasteiger partial charge is 0.310 e. The summed E-state index contributed by atoms with van der Waals surface area (Å²) in [5.41, 5.74) is 0.893. The van der Waals surface area contributed by atoms with Crippen LogP contribution in [-0.4, -0.2) is 21.0 Å². The molecule has 0 heterocycles.